The van der Waals surface area contributed by atoms with Gasteiger partial charge >= 0.3 is 0 Å². The summed E-state index contributed by atoms with van der Waals surface area (Å²) in [4.78, 5) is 0. The molecule has 0 amide bonds. The van der Waals surface area contributed by atoms with Gasteiger partial charge in [0.05, 0.1) is 0 Å². The quantitative estimate of drug-likeness (QED) is 0.844. The first-order valence-corrected chi connectivity index (χ1v) is 7.69. The molecule has 2 nitrogen and oxygen atoms in total. The number of hydrogen-bond acceptors (Lipinski definition) is 2. The summed E-state index contributed by atoms with van der Waals surface area (Å²) in [5.41, 5.74) is 2.57. The Bertz CT molecular complexity index is 359. The van der Waals surface area contributed by atoms with E-state index in [1.54, 1.807) is 0 Å². The molecule has 2 atom stereocenters. The average molecular weight is 253 g/mol. The third-order valence-corrected chi connectivity index (χ3v) is 4.38. The maximum Gasteiger partial charge on any atom is 0.0434 e. The summed E-state index contributed by atoms with van der Waals surface area (Å²) >= 11 is 0. The fourth-order valence-electron chi connectivity index (χ4n) is 1.76. The van der Waals surface area contributed by atoms with Crippen LogP contribution in [0.3, 0.4) is 0 Å². The van der Waals surface area contributed by atoms with Crippen LogP contribution in [0.2, 0.25) is 0 Å². The van der Waals surface area contributed by atoms with Crippen LogP contribution in [0.1, 0.15) is 43.9 Å². The zero-order chi connectivity index (χ0) is 12.8. The second kappa shape index (κ2) is 6.92. The van der Waals surface area contributed by atoms with E-state index >= 15 is 0 Å². The molecule has 0 saturated carbocycles. The van der Waals surface area contributed by atoms with Gasteiger partial charge in [-0.05, 0) is 24.1 Å². The molecule has 3 heteroatoms. The van der Waals surface area contributed by atoms with Gasteiger partial charge < -0.3 is 5.32 Å². The minimum absolute atomic E-state index is 0.192. The lowest BCUT2D eigenvalue weighted by molar-refractivity contribution is 0.636. The highest BCUT2D eigenvalue weighted by Gasteiger charge is 2.12. The van der Waals surface area contributed by atoms with E-state index < -0.39 is 10.8 Å². The molecule has 0 spiro atoms. The second-order valence-electron chi connectivity index (χ2n) is 4.56. The Morgan fingerprint density at radius 2 is 1.71 bits per heavy atom. The lowest BCUT2D eigenvalue weighted by Crippen LogP contribution is -2.23. The summed E-state index contributed by atoms with van der Waals surface area (Å²) in [6, 6.07) is 8.81. The van der Waals surface area contributed by atoms with Gasteiger partial charge in [-0.2, -0.15) is 0 Å². The van der Waals surface area contributed by atoms with Crippen LogP contribution in [-0.2, 0) is 10.8 Å². The third kappa shape index (κ3) is 4.25. The molecule has 17 heavy (non-hydrogen) atoms. The Hall–Kier alpha value is -0.670. The molecule has 0 aromatic heterocycles. The Kier molecular flexibility index (Phi) is 5.86. The van der Waals surface area contributed by atoms with Crippen LogP contribution < -0.4 is 5.32 Å². The summed E-state index contributed by atoms with van der Waals surface area (Å²) in [6.07, 6.45) is 0. The molecular weight excluding hydrogens is 230 g/mol. The number of rotatable bonds is 6. The molecule has 0 heterocycles. The predicted octanol–water partition coefficient (Wildman–Crippen LogP) is 2.84. The molecule has 0 aliphatic rings. The first-order chi connectivity index (χ1) is 8.08. The Morgan fingerprint density at radius 3 is 2.12 bits per heavy atom. The van der Waals surface area contributed by atoms with E-state index in [4.69, 9.17) is 0 Å². The Balaban J connectivity index is 2.78. The normalized spacial score (nSPS) is 14.9. The third-order valence-electron chi connectivity index (χ3n) is 3.03. The molecule has 1 aromatic carbocycles. The molecule has 2 unspecified atom stereocenters. The molecule has 0 radical (unpaired) electrons. The highest BCUT2D eigenvalue weighted by Crippen LogP contribution is 2.19. The van der Waals surface area contributed by atoms with Crippen molar-refractivity contribution in [2.45, 2.75) is 32.7 Å². The molecule has 0 aliphatic carbocycles. The van der Waals surface area contributed by atoms with E-state index in [1.165, 1.54) is 11.1 Å². The van der Waals surface area contributed by atoms with E-state index in [-0.39, 0.29) is 6.04 Å². The van der Waals surface area contributed by atoms with Gasteiger partial charge in [-0.3, -0.25) is 4.21 Å². The summed E-state index contributed by atoms with van der Waals surface area (Å²) in [5, 5.41) is 3.24. The van der Waals surface area contributed by atoms with Crippen molar-refractivity contribution >= 4 is 10.8 Å². The maximum absolute atomic E-state index is 11.6. The first-order valence-electron chi connectivity index (χ1n) is 6.20. The zero-order valence-corrected chi connectivity index (χ0v) is 12.0. The average Bonchev–Trinajstić information content (AvgIpc) is 2.35. The highest BCUT2D eigenvalue weighted by atomic mass is 32.2. The predicted molar refractivity (Wildman–Crippen MR) is 75.9 cm³/mol. The largest absolute Gasteiger partial charge is 0.312 e. The van der Waals surface area contributed by atoms with E-state index in [2.05, 4.69) is 43.4 Å². The van der Waals surface area contributed by atoms with Crippen molar-refractivity contribution in [3.05, 3.63) is 35.4 Å². The monoisotopic (exact) mass is 253 g/mol. The van der Waals surface area contributed by atoms with Crippen molar-refractivity contribution in [1.29, 1.82) is 0 Å². The van der Waals surface area contributed by atoms with Crippen molar-refractivity contribution < 1.29 is 4.21 Å². The molecule has 0 saturated heterocycles. The molecule has 0 fully saturated rings. The van der Waals surface area contributed by atoms with E-state index in [0.29, 0.717) is 11.7 Å². The van der Waals surface area contributed by atoms with Gasteiger partial charge in [0.15, 0.2) is 0 Å². The van der Waals surface area contributed by atoms with Crippen LogP contribution in [0.5, 0.6) is 0 Å². The maximum atomic E-state index is 11.6. The standard InChI is InChI=1S/C14H23NOS/c1-5-17(16)10-14(15-4)13-8-6-12(7-9-13)11(2)3/h6-9,11,14-15H,5,10H2,1-4H3. The van der Waals surface area contributed by atoms with Gasteiger partial charge in [0.1, 0.15) is 0 Å². The number of hydrogen-bond donors (Lipinski definition) is 1. The second-order valence-corrected chi connectivity index (χ2v) is 6.35. The van der Waals surface area contributed by atoms with Crippen molar-refractivity contribution in [3.63, 3.8) is 0 Å². The van der Waals surface area contributed by atoms with Gasteiger partial charge in [-0.25, -0.2) is 0 Å². The smallest absolute Gasteiger partial charge is 0.0434 e. The van der Waals surface area contributed by atoms with Gasteiger partial charge in [0.2, 0.25) is 0 Å². The van der Waals surface area contributed by atoms with E-state index in [1.807, 2.05) is 14.0 Å². The van der Waals surface area contributed by atoms with Gasteiger partial charge in [-0.1, -0.05) is 45.0 Å². The van der Waals surface area contributed by atoms with Crippen molar-refractivity contribution in [1.82, 2.24) is 5.32 Å². The van der Waals surface area contributed by atoms with Gasteiger partial charge in [-0.15, -0.1) is 0 Å². The van der Waals surface area contributed by atoms with E-state index in [9.17, 15) is 4.21 Å². The Morgan fingerprint density at radius 1 is 1.18 bits per heavy atom. The molecule has 96 valence electrons. The summed E-state index contributed by atoms with van der Waals surface area (Å²) < 4.78 is 11.6. The Labute approximate surface area is 107 Å². The summed E-state index contributed by atoms with van der Waals surface area (Å²) in [6.45, 7) is 6.35. The summed E-state index contributed by atoms with van der Waals surface area (Å²) in [7, 11) is 1.19. The van der Waals surface area contributed by atoms with E-state index in [0.717, 1.165) is 5.75 Å². The van der Waals surface area contributed by atoms with Crippen molar-refractivity contribution in [2.75, 3.05) is 18.6 Å². The fraction of sp³-hybridized carbons (Fsp3) is 0.571. The van der Waals surface area contributed by atoms with Gasteiger partial charge in [0.25, 0.3) is 0 Å². The van der Waals surface area contributed by atoms with Crippen LogP contribution in [0, 0.1) is 0 Å². The zero-order valence-electron chi connectivity index (χ0n) is 11.2. The SMILES string of the molecule is CCS(=O)CC(NC)c1ccc(C(C)C)cc1. The van der Waals surface area contributed by atoms with Crippen molar-refractivity contribution in [2.24, 2.45) is 0 Å². The molecule has 1 N–H and O–H groups in total. The van der Waals surface area contributed by atoms with Crippen LogP contribution in [-0.4, -0.2) is 22.8 Å². The molecule has 0 aliphatic heterocycles. The molecule has 0 bridgehead atoms. The fourth-order valence-corrected chi connectivity index (χ4v) is 2.73. The van der Waals surface area contributed by atoms with Gasteiger partial charge in [0, 0.05) is 28.3 Å². The van der Waals surface area contributed by atoms with Crippen molar-refractivity contribution in [3.8, 4) is 0 Å². The minimum Gasteiger partial charge on any atom is -0.312 e. The van der Waals surface area contributed by atoms with Crippen LogP contribution >= 0.6 is 0 Å². The topological polar surface area (TPSA) is 29.1 Å². The lowest BCUT2D eigenvalue weighted by Gasteiger charge is -2.17. The van der Waals surface area contributed by atoms with Crippen LogP contribution in [0.4, 0.5) is 0 Å². The summed E-state index contributed by atoms with van der Waals surface area (Å²) in [5.74, 6) is 1.97. The molecule has 1 aromatic rings. The number of nitrogens with one attached hydrogen (secondary N) is 1. The minimum atomic E-state index is -0.734. The molecular formula is C14H23NOS. The lowest BCUT2D eigenvalue weighted by atomic mass is 10.00. The van der Waals surface area contributed by atoms with Crippen LogP contribution in [0.25, 0.3) is 0 Å². The first kappa shape index (κ1) is 14.4. The highest BCUT2D eigenvalue weighted by molar-refractivity contribution is 7.84. The molecule has 1 rings (SSSR count). The van der Waals surface area contributed by atoms with Crippen LogP contribution in [0.15, 0.2) is 24.3 Å². The number of benzene rings is 1.